The molecule has 7 heteroatoms. The van der Waals surface area contributed by atoms with Crippen LogP contribution in [0.3, 0.4) is 0 Å². The molecule has 0 unspecified atom stereocenters. The number of H-pyrrole nitrogens is 1. The summed E-state index contributed by atoms with van der Waals surface area (Å²) >= 11 is 0. The Morgan fingerprint density at radius 2 is 2.00 bits per heavy atom. The van der Waals surface area contributed by atoms with Gasteiger partial charge in [-0.1, -0.05) is 18.2 Å². The number of hydrogen-bond acceptors (Lipinski definition) is 4. The molecule has 4 heterocycles. The van der Waals surface area contributed by atoms with Crippen LogP contribution in [0.25, 0.3) is 22.8 Å². The van der Waals surface area contributed by atoms with Crippen LogP contribution >= 0.6 is 0 Å². The highest BCUT2D eigenvalue weighted by molar-refractivity contribution is 6.35. The minimum absolute atomic E-state index is 0.0764. The molecule has 0 spiro atoms. The van der Waals surface area contributed by atoms with E-state index in [2.05, 4.69) is 25.5 Å². The molecule has 2 aliphatic rings. The standard InChI is InChI=1S/C27H29N5O2/c1-17-23(30-18(2)25(17)27(34)29-10-13-32-11-3-4-12-32)15-22-21-8-7-19(14-24(21)31-26(22)33)20-6-5-9-28-16-20/h5-9,14-16,30H,3-4,10-13H2,1-2H3,(H,29,34)(H,31,33)/b22-15-. The van der Waals surface area contributed by atoms with Crippen molar-refractivity contribution in [1.82, 2.24) is 20.2 Å². The average molecular weight is 456 g/mol. The van der Waals surface area contributed by atoms with Crippen LogP contribution < -0.4 is 10.6 Å². The molecule has 1 fully saturated rings. The van der Waals surface area contributed by atoms with Crippen LogP contribution in [0.1, 0.15) is 45.7 Å². The Balaban J connectivity index is 1.37. The molecule has 0 bridgehead atoms. The van der Waals surface area contributed by atoms with Crippen molar-refractivity contribution >= 4 is 29.2 Å². The van der Waals surface area contributed by atoms with E-state index in [0.29, 0.717) is 17.7 Å². The predicted octanol–water partition coefficient (Wildman–Crippen LogP) is 4.01. The summed E-state index contributed by atoms with van der Waals surface area (Å²) in [6.45, 7) is 7.56. The van der Waals surface area contributed by atoms with Gasteiger partial charge in [-0.3, -0.25) is 14.6 Å². The van der Waals surface area contributed by atoms with E-state index in [1.807, 2.05) is 50.3 Å². The Kier molecular flexibility index (Phi) is 6.02. The van der Waals surface area contributed by atoms with Gasteiger partial charge in [0, 0.05) is 53.7 Å². The quantitative estimate of drug-likeness (QED) is 0.490. The lowest BCUT2D eigenvalue weighted by atomic mass is 10.00. The van der Waals surface area contributed by atoms with Crippen LogP contribution in [0.5, 0.6) is 0 Å². The Morgan fingerprint density at radius 1 is 1.18 bits per heavy atom. The number of carbonyl (C=O) groups excluding carboxylic acids is 2. The molecule has 5 rings (SSSR count). The summed E-state index contributed by atoms with van der Waals surface area (Å²) in [5.41, 5.74) is 7.26. The van der Waals surface area contributed by atoms with Gasteiger partial charge in [0.1, 0.15) is 0 Å². The summed E-state index contributed by atoms with van der Waals surface area (Å²) in [4.78, 5) is 35.5. The molecule has 0 atom stereocenters. The van der Waals surface area contributed by atoms with Crippen molar-refractivity contribution in [1.29, 1.82) is 0 Å². The highest BCUT2D eigenvalue weighted by Crippen LogP contribution is 2.36. The molecular weight excluding hydrogens is 426 g/mol. The summed E-state index contributed by atoms with van der Waals surface area (Å²) < 4.78 is 0. The smallest absolute Gasteiger partial charge is 0.256 e. The molecule has 2 aliphatic heterocycles. The molecule has 7 nitrogen and oxygen atoms in total. The number of hydrogen-bond donors (Lipinski definition) is 3. The topological polar surface area (TPSA) is 90.1 Å². The number of benzene rings is 1. The van der Waals surface area contributed by atoms with E-state index in [0.717, 1.165) is 59.0 Å². The zero-order valence-electron chi connectivity index (χ0n) is 19.6. The van der Waals surface area contributed by atoms with Crippen molar-refractivity contribution in [3.63, 3.8) is 0 Å². The summed E-state index contributed by atoms with van der Waals surface area (Å²) in [6.07, 6.45) is 7.86. The van der Waals surface area contributed by atoms with E-state index in [1.54, 1.807) is 12.4 Å². The Morgan fingerprint density at radius 3 is 2.76 bits per heavy atom. The van der Waals surface area contributed by atoms with Crippen molar-refractivity contribution < 1.29 is 9.59 Å². The maximum atomic E-state index is 12.9. The van der Waals surface area contributed by atoms with Crippen molar-refractivity contribution in [2.45, 2.75) is 26.7 Å². The molecule has 1 aromatic carbocycles. The lowest BCUT2D eigenvalue weighted by molar-refractivity contribution is -0.110. The molecule has 3 aromatic rings. The normalized spacial score (nSPS) is 16.6. The van der Waals surface area contributed by atoms with Gasteiger partial charge in [-0.25, -0.2) is 0 Å². The first kappa shape index (κ1) is 22.1. The lowest BCUT2D eigenvalue weighted by Gasteiger charge is -2.14. The maximum Gasteiger partial charge on any atom is 0.256 e. The van der Waals surface area contributed by atoms with Gasteiger partial charge in [-0.2, -0.15) is 0 Å². The number of pyridine rings is 1. The third kappa shape index (κ3) is 4.26. The third-order valence-electron chi connectivity index (χ3n) is 6.70. The van der Waals surface area contributed by atoms with Crippen LogP contribution in [0.2, 0.25) is 0 Å². The largest absolute Gasteiger partial charge is 0.358 e. The first-order chi connectivity index (χ1) is 16.5. The van der Waals surface area contributed by atoms with Gasteiger partial charge < -0.3 is 20.5 Å². The number of aromatic nitrogens is 2. The van der Waals surface area contributed by atoms with Crippen LogP contribution in [0.4, 0.5) is 5.69 Å². The molecule has 1 saturated heterocycles. The number of nitrogens with one attached hydrogen (secondary N) is 3. The highest BCUT2D eigenvalue weighted by Gasteiger charge is 2.26. The van der Waals surface area contributed by atoms with Crippen LogP contribution in [-0.4, -0.2) is 52.9 Å². The van der Waals surface area contributed by atoms with Gasteiger partial charge in [-0.05, 0) is 69.1 Å². The number of fused-ring (bicyclic) bond motifs is 1. The fourth-order valence-corrected chi connectivity index (χ4v) is 4.88. The van der Waals surface area contributed by atoms with Crippen molar-refractivity contribution in [2.75, 3.05) is 31.5 Å². The Labute approximate surface area is 199 Å². The van der Waals surface area contributed by atoms with E-state index in [9.17, 15) is 9.59 Å². The Bertz CT molecular complexity index is 1270. The van der Waals surface area contributed by atoms with E-state index in [1.165, 1.54) is 12.8 Å². The number of likely N-dealkylation sites (tertiary alicyclic amines) is 1. The van der Waals surface area contributed by atoms with E-state index in [-0.39, 0.29) is 11.8 Å². The number of amides is 2. The zero-order valence-corrected chi connectivity index (χ0v) is 19.6. The van der Waals surface area contributed by atoms with Crippen molar-refractivity contribution in [2.24, 2.45) is 0 Å². The zero-order chi connectivity index (χ0) is 23.7. The van der Waals surface area contributed by atoms with Crippen molar-refractivity contribution in [3.8, 4) is 11.1 Å². The van der Waals surface area contributed by atoms with E-state index < -0.39 is 0 Å². The number of rotatable bonds is 6. The number of anilines is 1. The van der Waals surface area contributed by atoms with Gasteiger partial charge in [-0.15, -0.1) is 0 Å². The van der Waals surface area contributed by atoms with Gasteiger partial charge in [0.2, 0.25) is 0 Å². The average Bonchev–Trinajstić information content (AvgIpc) is 3.53. The second kappa shape index (κ2) is 9.27. The molecule has 0 aliphatic carbocycles. The number of carbonyl (C=O) groups is 2. The minimum atomic E-state index is -0.151. The Hall–Kier alpha value is -3.71. The molecular formula is C27H29N5O2. The number of aryl methyl sites for hydroxylation is 1. The molecule has 2 aromatic heterocycles. The maximum absolute atomic E-state index is 12.9. The molecule has 34 heavy (non-hydrogen) atoms. The lowest BCUT2D eigenvalue weighted by Crippen LogP contribution is -2.33. The molecule has 3 N–H and O–H groups in total. The minimum Gasteiger partial charge on any atom is -0.358 e. The van der Waals surface area contributed by atoms with Crippen LogP contribution in [0.15, 0.2) is 42.7 Å². The predicted molar refractivity (Wildman–Crippen MR) is 134 cm³/mol. The van der Waals surface area contributed by atoms with Gasteiger partial charge >= 0.3 is 0 Å². The van der Waals surface area contributed by atoms with Crippen LogP contribution in [-0.2, 0) is 4.79 Å². The first-order valence-electron chi connectivity index (χ1n) is 11.8. The van der Waals surface area contributed by atoms with Crippen LogP contribution in [0, 0.1) is 13.8 Å². The van der Waals surface area contributed by atoms with Gasteiger partial charge in [0.05, 0.1) is 11.1 Å². The molecule has 0 radical (unpaired) electrons. The summed E-state index contributed by atoms with van der Waals surface area (Å²) in [5.74, 6) is -0.228. The summed E-state index contributed by atoms with van der Waals surface area (Å²) in [5, 5.41) is 6.03. The summed E-state index contributed by atoms with van der Waals surface area (Å²) in [7, 11) is 0. The second-order valence-corrected chi connectivity index (χ2v) is 8.98. The third-order valence-corrected chi connectivity index (χ3v) is 6.70. The number of aromatic amines is 1. The first-order valence-corrected chi connectivity index (χ1v) is 11.8. The molecule has 174 valence electrons. The van der Waals surface area contributed by atoms with E-state index in [4.69, 9.17) is 0 Å². The monoisotopic (exact) mass is 455 g/mol. The van der Waals surface area contributed by atoms with E-state index >= 15 is 0 Å². The summed E-state index contributed by atoms with van der Waals surface area (Å²) in [6, 6.07) is 9.81. The number of nitrogens with zero attached hydrogens (tertiary/aromatic N) is 2. The highest BCUT2D eigenvalue weighted by atomic mass is 16.2. The van der Waals surface area contributed by atoms with Gasteiger partial charge in [0.25, 0.3) is 11.8 Å². The second-order valence-electron chi connectivity index (χ2n) is 8.98. The molecule has 2 amide bonds. The fraction of sp³-hybridized carbons (Fsp3) is 0.296. The fourth-order valence-electron chi connectivity index (χ4n) is 4.88. The van der Waals surface area contributed by atoms with Crippen molar-refractivity contribution in [3.05, 3.63) is 70.8 Å². The van der Waals surface area contributed by atoms with Gasteiger partial charge in [0.15, 0.2) is 0 Å². The SMILES string of the molecule is Cc1[nH]c(/C=C2\C(=O)Nc3cc(-c4cccnc4)ccc32)c(C)c1C(=O)NCCN1CCCC1. The molecule has 0 saturated carbocycles.